The number of hydrogen-bond donors (Lipinski definition) is 1. The Morgan fingerprint density at radius 1 is 1.17 bits per heavy atom. The predicted octanol–water partition coefficient (Wildman–Crippen LogP) is 5.95. The summed E-state index contributed by atoms with van der Waals surface area (Å²) in [6, 6.07) is 17.2. The average molecular weight is 583 g/mol. The zero-order valence-corrected chi connectivity index (χ0v) is 21.5. The van der Waals surface area contributed by atoms with Crippen molar-refractivity contribution in [1.82, 2.24) is 0 Å². The van der Waals surface area contributed by atoms with Crippen molar-refractivity contribution in [3.8, 4) is 17.6 Å². The van der Waals surface area contributed by atoms with E-state index in [0.717, 1.165) is 16.7 Å². The number of non-ortho nitro benzene ring substituents is 1. The van der Waals surface area contributed by atoms with E-state index in [-0.39, 0.29) is 17.9 Å². The molecule has 3 rings (SSSR count). The third kappa shape index (κ3) is 6.36. The number of benzene rings is 3. The smallest absolute Gasteiger partial charge is 0.269 e. The molecule has 0 unspecified atom stereocenters. The fourth-order valence-electron chi connectivity index (χ4n) is 3.34. The molecule has 178 valence electrons. The molecule has 0 radical (unpaired) electrons. The minimum absolute atomic E-state index is 0.00645. The van der Waals surface area contributed by atoms with Crippen LogP contribution < -0.4 is 14.8 Å². The van der Waals surface area contributed by atoms with Gasteiger partial charge in [0.2, 0.25) is 0 Å². The Kier molecular flexibility index (Phi) is 8.43. The molecule has 0 atom stereocenters. The van der Waals surface area contributed by atoms with E-state index in [4.69, 9.17) is 9.47 Å². The summed E-state index contributed by atoms with van der Waals surface area (Å²) >= 11 is 2.09. The van der Waals surface area contributed by atoms with E-state index >= 15 is 0 Å². The standard InChI is InChI=1S/C26H22IN3O5/c1-16-5-4-6-17(2)24(16)29-26(31)20(14-28)11-19-12-22(27)25(23(13-19)34-3)35-15-18-7-9-21(10-8-18)30(32)33/h4-13H,15H2,1-3H3,(H,29,31)/b20-11-. The van der Waals surface area contributed by atoms with Gasteiger partial charge in [-0.1, -0.05) is 18.2 Å². The number of nitrogens with one attached hydrogen (secondary N) is 1. The molecule has 0 bridgehead atoms. The van der Waals surface area contributed by atoms with Crippen LogP contribution in [0.3, 0.4) is 0 Å². The molecule has 0 aromatic heterocycles. The molecule has 0 aliphatic carbocycles. The first kappa shape index (κ1) is 25.7. The van der Waals surface area contributed by atoms with Gasteiger partial charge in [0.15, 0.2) is 11.5 Å². The third-order valence-electron chi connectivity index (χ3n) is 5.18. The summed E-state index contributed by atoms with van der Waals surface area (Å²) in [5.41, 5.74) is 3.80. The van der Waals surface area contributed by atoms with Crippen molar-refractivity contribution in [1.29, 1.82) is 5.26 Å². The van der Waals surface area contributed by atoms with Crippen LogP contribution in [0.25, 0.3) is 6.08 Å². The van der Waals surface area contributed by atoms with Crippen molar-refractivity contribution < 1.29 is 19.2 Å². The second-order valence-electron chi connectivity index (χ2n) is 7.64. The van der Waals surface area contributed by atoms with Crippen LogP contribution >= 0.6 is 22.6 Å². The lowest BCUT2D eigenvalue weighted by Crippen LogP contribution is -2.15. The summed E-state index contributed by atoms with van der Waals surface area (Å²) in [4.78, 5) is 23.1. The summed E-state index contributed by atoms with van der Waals surface area (Å²) in [7, 11) is 1.50. The van der Waals surface area contributed by atoms with Crippen LogP contribution in [-0.2, 0) is 11.4 Å². The van der Waals surface area contributed by atoms with Crippen molar-refractivity contribution in [2.45, 2.75) is 20.5 Å². The number of nitro benzene ring substituents is 1. The highest BCUT2D eigenvalue weighted by Crippen LogP contribution is 2.35. The Balaban J connectivity index is 1.82. The Labute approximate surface area is 216 Å². The number of anilines is 1. The van der Waals surface area contributed by atoms with Gasteiger partial charge in [-0.15, -0.1) is 0 Å². The predicted molar refractivity (Wildman–Crippen MR) is 141 cm³/mol. The summed E-state index contributed by atoms with van der Waals surface area (Å²) in [6.45, 7) is 3.96. The monoisotopic (exact) mass is 583 g/mol. The zero-order valence-electron chi connectivity index (χ0n) is 19.3. The number of ether oxygens (including phenoxy) is 2. The number of nitriles is 1. The van der Waals surface area contributed by atoms with Crippen molar-refractivity contribution in [3.63, 3.8) is 0 Å². The Bertz CT molecular complexity index is 1320. The lowest BCUT2D eigenvalue weighted by atomic mass is 10.1. The van der Waals surface area contributed by atoms with Gasteiger partial charge in [0.05, 0.1) is 15.6 Å². The van der Waals surface area contributed by atoms with Crippen LogP contribution in [0.4, 0.5) is 11.4 Å². The van der Waals surface area contributed by atoms with Gasteiger partial charge in [0.25, 0.3) is 11.6 Å². The lowest BCUT2D eigenvalue weighted by molar-refractivity contribution is -0.384. The second-order valence-corrected chi connectivity index (χ2v) is 8.80. The van der Waals surface area contributed by atoms with Gasteiger partial charge in [0.1, 0.15) is 18.2 Å². The van der Waals surface area contributed by atoms with Crippen LogP contribution in [0.5, 0.6) is 11.5 Å². The molecule has 8 nitrogen and oxygen atoms in total. The molecule has 9 heteroatoms. The van der Waals surface area contributed by atoms with E-state index in [2.05, 4.69) is 27.9 Å². The summed E-state index contributed by atoms with van der Waals surface area (Å²) in [6.07, 6.45) is 1.49. The van der Waals surface area contributed by atoms with Crippen LogP contribution in [0, 0.1) is 38.9 Å². The highest BCUT2D eigenvalue weighted by Gasteiger charge is 2.16. The molecule has 35 heavy (non-hydrogen) atoms. The number of amides is 1. The van der Waals surface area contributed by atoms with E-state index in [1.165, 1.54) is 25.3 Å². The topological polar surface area (TPSA) is 114 Å². The zero-order chi connectivity index (χ0) is 25.5. The number of halogens is 1. The van der Waals surface area contributed by atoms with Crippen LogP contribution in [-0.4, -0.2) is 17.9 Å². The molecule has 0 saturated heterocycles. The van der Waals surface area contributed by atoms with Gasteiger partial charge in [-0.25, -0.2) is 0 Å². The number of methoxy groups -OCH3 is 1. The first-order valence-electron chi connectivity index (χ1n) is 10.5. The first-order chi connectivity index (χ1) is 16.7. The van der Waals surface area contributed by atoms with E-state index in [1.807, 2.05) is 38.1 Å². The Morgan fingerprint density at radius 3 is 2.40 bits per heavy atom. The quantitative estimate of drug-likeness (QED) is 0.115. The number of para-hydroxylation sites is 1. The van der Waals surface area contributed by atoms with E-state index < -0.39 is 10.8 Å². The number of carbonyl (C=O) groups excluding carboxylic acids is 1. The molecule has 3 aromatic carbocycles. The third-order valence-corrected chi connectivity index (χ3v) is 5.98. The fourth-order valence-corrected chi connectivity index (χ4v) is 4.12. The van der Waals surface area contributed by atoms with Crippen molar-refractivity contribution in [2.75, 3.05) is 12.4 Å². The fraction of sp³-hybridized carbons (Fsp3) is 0.154. The molecule has 0 aliphatic rings. The SMILES string of the molecule is COc1cc(/C=C(/C#N)C(=O)Nc2c(C)cccc2C)cc(I)c1OCc1ccc([N+](=O)[O-])cc1. The maximum Gasteiger partial charge on any atom is 0.269 e. The van der Waals surface area contributed by atoms with Crippen LogP contribution in [0.2, 0.25) is 0 Å². The molecule has 1 amide bonds. The highest BCUT2D eigenvalue weighted by molar-refractivity contribution is 14.1. The van der Waals surface area contributed by atoms with Crippen LogP contribution in [0.1, 0.15) is 22.3 Å². The molecule has 0 aliphatic heterocycles. The van der Waals surface area contributed by atoms with E-state index in [0.29, 0.717) is 26.3 Å². The first-order valence-corrected chi connectivity index (χ1v) is 11.5. The van der Waals surface area contributed by atoms with Crippen molar-refractivity contribution >= 4 is 45.9 Å². The summed E-state index contributed by atoms with van der Waals surface area (Å²) in [5, 5.41) is 23.3. The average Bonchev–Trinajstić information content (AvgIpc) is 2.84. The number of nitrogens with zero attached hydrogens (tertiary/aromatic N) is 2. The van der Waals surface area contributed by atoms with Crippen molar-refractivity contribution in [3.05, 3.63) is 96.1 Å². The van der Waals surface area contributed by atoms with Gasteiger partial charge in [-0.05, 0) is 89.0 Å². The van der Waals surface area contributed by atoms with Gasteiger partial charge >= 0.3 is 0 Å². The number of nitro groups is 1. The molecule has 0 saturated carbocycles. The minimum atomic E-state index is -0.502. The van der Waals surface area contributed by atoms with E-state index in [1.54, 1.807) is 24.3 Å². The molecular formula is C26H22IN3O5. The normalized spacial score (nSPS) is 10.9. The van der Waals surface area contributed by atoms with E-state index in [9.17, 15) is 20.2 Å². The van der Waals surface area contributed by atoms with Gasteiger partial charge in [-0.3, -0.25) is 14.9 Å². The minimum Gasteiger partial charge on any atom is -0.493 e. The lowest BCUT2D eigenvalue weighted by Gasteiger charge is -2.14. The Hall–Kier alpha value is -3.91. The summed E-state index contributed by atoms with van der Waals surface area (Å²) < 4.78 is 12.1. The molecule has 0 spiro atoms. The maximum absolute atomic E-state index is 12.8. The molecular weight excluding hydrogens is 561 g/mol. The maximum atomic E-state index is 12.8. The van der Waals surface area contributed by atoms with Crippen molar-refractivity contribution in [2.24, 2.45) is 0 Å². The molecule has 1 N–H and O–H groups in total. The van der Waals surface area contributed by atoms with Gasteiger partial charge < -0.3 is 14.8 Å². The number of rotatable bonds is 8. The molecule has 0 fully saturated rings. The molecule has 3 aromatic rings. The molecule has 0 heterocycles. The largest absolute Gasteiger partial charge is 0.493 e. The number of aryl methyl sites for hydroxylation is 2. The Morgan fingerprint density at radius 2 is 1.83 bits per heavy atom. The number of carbonyl (C=O) groups is 1. The highest BCUT2D eigenvalue weighted by atomic mass is 127. The second kappa shape index (κ2) is 11.5. The van der Waals surface area contributed by atoms with Crippen LogP contribution in [0.15, 0.2) is 60.2 Å². The number of hydrogen-bond acceptors (Lipinski definition) is 6. The van der Waals surface area contributed by atoms with Gasteiger partial charge in [0, 0.05) is 17.8 Å². The summed E-state index contributed by atoms with van der Waals surface area (Å²) in [5.74, 6) is 0.414. The van der Waals surface area contributed by atoms with Gasteiger partial charge in [-0.2, -0.15) is 5.26 Å².